The number of carbonyl (C=O) groups excluding carboxylic acids is 1. The van der Waals surface area contributed by atoms with E-state index in [9.17, 15) is 14.0 Å². The van der Waals surface area contributed by atoms with Crippen molar-refractivity contribution >= 4 is 28.6 Å². The quantitative estimate of drug-likeness (QED) is 0.700. The zero-order chi connectivity index (χ0) is 18.3. The van der Waals surface area contributed by atoms with Crippen molar-refractivity contribution in [3.63, 3.8) is 0 Å². The van der Waals surface area contributed by atoms with Gasteiger partial charge in [-0.2, -0.15) is 0 Å². The van der Waals surface area contributed by atoms with Crippen LogP contribution in [0.15, 0.2) is 39.9 Å². The highest BCUT2D eigenvalue weighted by molar-refractivity contribution is 6.30. The number of alkyl halides is 1. The SMILES string of the molecule is O=C(Cn1cnc2onc(-c3ccc(Cl)cc3)c2c1=O)N1CCC(F)C1. The Kier molecular flexibility index (Phi) is 4.20. The number of amides is 1. The van der Waals surface area contributed by atoms with Gasteiger partial charge in [-0.15, -0.1) is 0 Å². The number of nitrogens with zero attached hydrogens (tertiary/aromatic N) is 4. The Morgan fingerprint density at radius 1 is 1.35 bits per heavy atom. The third-order valence-electron chi connectivity index (χ3n) is 4.37. The number of halogens is 2. The van der Waals surface area contributed by atoms with E-state index in [4.69, 9.17) is 16.1 Å². The summed E-state index contributed by atoms with van der Waals surface area (Å²) in [4.78, 5) is 30.6. The zero-order valence-electron chi connectivity index (χ0n) is 13.6. The van der Waals surface area contributed by atoms with E-state index in [1.165, 1.54) is 15.8 Å². The van der Waals surface area contributed by atoms with Gasteiger partial charge in [0.25, 0.3) is 11.3 Å². The molecule has 1 atom stereocenters. The van der Waals surface area contributed by atoms with Crippen LogP contribution in [0.1, 0.15) is 6.42 Å². The number of likely N-dealkylation sites (tertiary alicyclic amines) is 1. The van der Waals surface area contributed by atoms with Gasteiger partial charge in [-0.3, -0.25) is 14.2 Å². The zero-order valence-corrected chi connectivity index (χ0v) is 14.3. The first-order valence-corrected chi connectivity index (χ1v) is 8.43. The molecule has 1 aromatic carbocycles. The summed E-state index contributed by atoms with van der Waals surface area (Å²) in [6.45, 7) is 0.208. The normalized spacial score (nSPS) is 17.2. The van der Waals surface area contributed by atoms with Crippen molar-refractivity contribution in [1.29, 1.82) is 0 Å². The van der Waals surface area contributed by atoms with Gasteiger partial charge in [-0.05, 0) is 18.6 Å². The number of benzene rings is 1. The first-order valence-electron chi connectivity index (χ1n) is 8.05. The lowest BCUT2D eigenvalue weighted by Crippen LogP contribution is -2.35. The molecular formula is C17H14ClFN4O3. The molecule has 0 N–H and O–H groups in total. The minimum absolute atomic E-state index is 0.0621. The van der Waals surface area contributed by atoms with Crippen molar-refractivity contribution in [2.24, 2.45) is 0 Å². The predicted molar refractivity (Wildman–Crippen MR) is 92.6 cm³/mol. The van der Waals surface area contributed by atoms with Crippen LogP contribution in [0.3, 0.4) is 0 Å². The molecule has 1 fully saturated rings. The van der Waals surface area contributed by atoms with Crippen LogP contribution in [-0.4, -0.2) is 44.8 Å². The number of aromatic nitrogens is 3. The molecule has 1 aliphatic heterocycles. The lowest BCUT2D eigenvalue weighted by atomic mass is 10.1. The monoisotopic (exact) mass is 376 g/mol. The highest BCUT2D eigenvalue weighted by Gasteiger charge is 2.26. The Hall–Kier alpha value is -2.74. The summed E-state index contributed by atoms with van der Waals surface area (Å²) in [5.74, 6) is -0.321. The maximum absolute atomic E-state index is 13.3. The Labute approximate surface area is 152 Å². The van der Waals surface area contributed by atoms with E-state index in [1.54, 1.807) is 24.3 Å². The molecule has 3 aromatic rings. The van der Waals surface area contributed by atoms with E-state index in [0.29, 0.717) is 29.2 Å². The molecule has 1 amide bonds. The molecule has 9 heteroatoms. The van der Waals surface area contributed by atoms with Crippen LogP contribution in [-0.2, 0) is 11.3 Å². The van der Waals surface area contributed by atoms with Gasteiger partial charge in [-0.1, -0.05) is 28.9 Å². The predicted octanol–water partition coefficient (Wildman–Crippen LogP) is 2.28. The molecule has 0 spiro atoms. The van der Waals surface area contributed by atoms with Gasteiger partial charge in [-0.25, -0.2) is 9.37 Å². The van der Waals surface area contributed by atoms with Gasteiger partial charge in [0.2, 0.25) is 5.91 Å². The molecule has 1 saturated heterocycles. The van der Waals surface area contributed by atoms with E-state index in [1.807, 2.05) is 0 Å². The Balaban J connectivity index is 1.70. The number of carbonyl (C=O) groups is 1. The van der Waals surface area contributed by atoms with E-state index in [2.05, 4.69) is 10.1 Å². The molecule has 7 nitrogen and oxygen atoms in total. The summed E-state index contributed by atoms with van der Waals surface area (Å²) >= 11 is 5.89. The lowest BCUT2D eigenvalue weighted by molar-refractivity contribution is -0.131. The summed E-state index contributed by atoms with van der Waals surface area (Å²) in [5.41, 5.74) is 0.635. The molecule has 1 aliphatic rings. The molecule has 26 heavy (non-hydrogen) atoms. The standard InChI is InChI=1S/C17H14ClFN4O3/c18-11-3-1-10(2-4-11)15-14-16(26-21-15)20-9-23(17(14)25)8-13(24)22-6-5-12(19)7-22/h1-4,9,12H,5-8H2. The minimum Gasteiger partial charge on any atom is -0.338 e. The van der Waals surface area contributed by atoms with Crippen molar-refractivity contribution in [2.45, 2.75) is 19.1 Å². The first kappa shape index (κ1) is 16.7. The number of hydrogen-bond acceptors (Lipinski definition) is 5. The third-order valence-corrected chi connectivity index (χ3v) is 4.62. The second-order valence-corrected chi connectivity index (χ2v) is 6.56. The maximum Gasteiger partial charge on any atom is 0.267 e. The minimum atomic E-state index is -1.01. The Bertz CT molecular complexity index is 1030. The van der Waals surface area contributed by atoms with Crippen molar-refractivity contribution in [2.75, 3.05) is 13.1 Å². The summed E-state index contributed by atoms with van der Waals surface area (Å²) in [6.07, 6.45) is 0.554. The molecule has 2 aromatic heterocycles. The van der Waals surface area contributed by atoms with Gasteiger partial charge in [0, 0.05) is 17.1 Å². The molecule has 4 rings (SSSR count). The van der Waals surface area contributed by atoms with Gasteiger partial charge < -0.3 is 9.42 Å². The van der Waals surface area contributed by atoms with Crippen molar-refractivity contribution < 1.29 is 13.7 Å². The van der Waals surface area contributed by atoms with Crippen LogP contribution in [0.4, 0.5) is 4.39 Å². The Morgan fingerprint density at radius 2 is 2.12 bits per heavy atom. The lowest BCUT2D eigenvalue weighted by Gasteiger charge is -2.15. The van der Waals surface area contributed by atoms with Gasteiger partial charge >= 0.3 is 0 Å². The fourth-order valence-corrected chi connectivity index (χ4v) is 3.11. The number of rotatable bonds is 3. The van der Waals surface area contributed by atoms with Crippen LogP contribution in [0.25, 0.3) is 22.4 Å². The average molecular weight is 377 g/mol. The molecule has 134 valence electrons. The number of hydrogen-bond donors (Lipinski definition) is 0. The van der Waals surface area contributed by atoms with Gasteiger partial charge in [0.15, 0.2) is 0 Å². The summed E-state index contributed by atoms with van der Waals surface area (Å²) < 4.78 is 19.6. The second kappa shape index (κ2) is 6.53. The van der Waals surface area contributed by atoms with E-state index in [0.717, 1.165) is 0 Å². The van der Waals surface area contributed by atoms with Crippen molar-refractivity contribution in [1.82, 2.24) is 19.6 Å². The summed E-state index contributed by atoms with van der Waals surface area (Å²) in [7, 11) is 0. The molecule has 0 bridgehead atoms. The molecule has 0 radical (unpaired) electrons. The highest BCUT2D eigenvalue weighted by Crippen LogP contribution is 2.25. The fraction of sp³-hybridized carbons (Fsp3) is 0.294. The highest BCUT2D eigenvalue weighted by atomic mass is 35.5. The van der Waals surface area contributed by atoms with Crippen LogP contribution in [0, 0.1) is 0 Å². The van der Waals surface area contributed by atoms with Gasteiger partial charge in [0.1, 0.15) is 30.1 Å². The van der Waals surface area contributed by atoms with Crippen LogP contribution < -0.4 is 5.56 Å². The van der Waals surface area contributed by atoms with Gasteiger partial charge in [0.05, 0.1) is 6.54 Å². The smallest absolute Gasteiger partial charge is 0.267 e. The Morgan fingerprint density at radius 3 is 2.81 bits per heavy atom. The van der Waals surface area contributed by atoms with E-state index >= 15 is 0 Å². The average Bonchev–Trinajstić information content (AvgIpc) is 3.25. The maximum atomic E-state index is 13.3. The summed E-state index contributed by atoms with van der Waals surface area (Å²) in [6, 6.07) is 6.79. The molecule has 3 heterocycles. The molecule has 0 saturated carbocycles. The van der Waals surface area contributed by atoms with Crippen molar-refractivity contribution in [3.8, 4) is 11.3 Å². The molecular weight excluding hydrogens is 363 g/mol. The van der Waals surface area contributed by atoms with Crippen molar-refractivity contribution in [3.05, 3.63) is 46.0 Å². The fourth-order valence-electron chi connectivity index (χ4n) is 2.99. The topological polar surface area (TPSA) is 81.2 Å². The third kappa shape index (κ3) is 2.96. The molecule has 0 aliphatic carbocycles. The van der Waals surface area contributed by atoms with Crippen LogP contribution >= 0.6 is 11.6 Å². The summed E-state index contributed by atoms with van der Waals surface area (Å²) in [5, 5.41) is 4.67. The molecule has 1 unspecified atom stereocenters. The number of fused-ring (bicyclic) bond motifs is 1. The van der Waals surface area contributed by atoms with E-state index < -0.39 is 11.7 Å². The van der Waals surface area contributed by atoms with Crippen LogP contribution in [0.5, 0.6) is 0 Å². The van der Waals surface area contributed by atoms with Crippen LogP contribution in [0.2, 0.25) is 5.02 Å². The first-order chi connectivity index (χ1) is 12.5. The van der Waals surface area contributed by atoms with E-state index in [-0.39, 0.29) is 30.1 Å². The second-order valence-electron chi connectivity index (χ2n) is 6.12. The largest absolute Gasteiger partial charge is 0.338 e.